The molecule has 0 spiro atoms. The van der Waals surface area contributed by atoms with Gasteiger partial charge in [0, 0.05) is 32.9 Å². The Hall–Kier alpha value is -3.26. The van der Waals surface area contributed by atoms with Crippen molar-refractivity contribution in [1.82, 2.24) is 20.5 Å². The second-order valence-electron chi connectivity index (χ2n) is 6.90. The molecule has 1 atom stereocenters. The van der Waals surface area contributed by atoms with Gasteiger partial charge in [-0.15, -0.1) is 0 Å². The number of benzene rings is 1. The van der Waals surface area contributed by atoms with Crippen molar-refractivity contribution in [2.24, 2.45) is 10.7 Å². The predicted octanol–water partition coefficient (Wildman–Crippen LogP) is 2.06. The zero-order valence-electron chi connectivity index (χ0n) is 17.2. The Bertz CT molecular complexity index is 1080. The van der Waals surface area contributed by atoms with E-state index in [1.807, 2.05) is 0 Å². The molecule has 2 aromatic rings. The molecular weight excluding hydrogens is 469 g/mol. The van der Waals surface area contributed by atoms with Gasteiger partial charge in [0.2, 0.25) is 0 Å². The molecule has 1 fully saturated rings. The lowest BCUT2D eigenvalue weighted by atomic mass is 10.2. The van der Waals surface area contributed by atoms with E-state index in [0.717, 1.165) is 18.3 Å². The molecule has 0 unspecified atom stereocenters. The van der Waals surface area contributed by atoms with E-state index in [4.69, 9.17) is 11.5 Å². The van der Waals surface area contributed by atoms with E-state index >= 15 is 0 Å². The van der Waals surface area contributed by atoms with Crippen LogP contribution in [0.15, 0.2) is 35.1 Å². The zero-order valence-corrected chi connectivity index (χ0v) is 18.0. The molecule has 1 aliphatic rings. The summed E-state index contributed by atoms with van der Waals surface area (Å²) in [7, 11) is 1.34. The van der Waals surface area contributed by atoms with Crippen LogP contribution in [0.1, 0.15) is 10.5 Å². The number of nitrogen functional groups attached to an aromatic ring is 1. The SMILES string of the molecule is CN=C(/C(=C\N)NC(=O)c1nc(-c2c(F)cccc2F)sc1N)N1CCN[C@H](C(F)(F)F)C1. The molecule has 0 saturated carbocycles. The van der Waals surface area contributed by atoms with Crippen LogP contribution in [-0.4, -0.2) is 60.5 Å². The predicted molar refractivity (Wildman–Crippen MR) is 114 cm³/mol. The fraction of sp³-hybridized carbons (Fsp3) is 0.316. The second-order valence-corrected chi connectivity index (χ2v) is 7.94. The van der Waals surface area contributed by atoms with Crippen LogP contribution in [0.3, 0.4) is 0 Å². The van der Waals surface area contributed by atoms with Gasteiger partial charge >= 0.3 is 6.18 Å². The van der Waals surface area contributed by atoms with Crippen LogP contribution in [0.4, 0.5) is 27.0 Å². The van der Waals surface area contributed by atoms with Crippen molar-refractivity contribution in [3.8, 4) is 10.6 Å². The Labute approximate surface area is 189 Å². The first-order valence-corrected chi connectivity index (χ1v) is 10.3. The molecule has 1 aromatic heterocycles. The molecule has 0 aliphatic carbocycles. The number of thiazole rings is 1. The zero-order chi connectivity index (χ0) is 24.3. The highest BCUT2D eigenvalue weighted by atomic mass is 32.1. The standard InChI is InChI=1S/C19H20F5N7OS/c1-27-16(31-6-5-28-12(8-31)19(22,23)24)11(7-25)29-17(32)14-15(26)33-18(30-14)13-9(20)3-2-4-10(13)21/h2-4,7,12,28H,5-6,8,25-26H2,1H3,(H,29,32)/b11-7+,27-16?/t12-/m0/s1. The van der Waals surface area contributed by atoms with Gasteiger partial charge in [-0.25, -0.2) is 13.8 Å². The number of halogens is 5. The molecule has 3 rings (SSSR count). The number of carbonyl (C=O) groups is 1. The smallest absolute Gasteiger partial charge is 0.403 e. The number of nitrogens with one attached hydrogen (secondary N) is 2. The number of rotatable bonds is 4. The lowest BCUT2D eigenvalue weighted by molar-refractivity contribution is -0.161. The number of nitrogens with two attached hydrogens (primary N) is 2. The number of amidine groups is 1. The summed E-state index contributed by atoms with van der Waals surface area (Å²) in [5.74, 6) is -2.60. The summed E-state index contributed by atoms with van der Waals surface area (Å²) in [6, 6.07) is 1.47. The molecule has 1 saturated heterocycles. The first-order valence-electron chi connectivity index (χ1n) is 9.53. The lowest BCUT2D eigenvalue weighted by Crippen LogP contribution is -2.59. The number of carbonyl (C=O) groups excluding carboxylic acids is 1. The van der Waals surface area contributed by atoms with Gasteiger partial charge in [-0.2, -0.15) is 13.2 Å². The van der Waals surface area contributed by atoms with Gasteiger partial charge in [0.25, 0.3) is 5.91 Å². The number of anilines is 1. The van der Waals surface area contributed by atoms with Crippen LogP contribution in [0.2, 0.25) is 0 Å². The minimum absolute atomic E-state index is 0.0239. The summed E-state index contributed by atoms with van der Waals surface area (Å²) in [5.41, 5.74) is 10.6. The molecule has 8 nitrogen and oxygen atoms in total. The first kappa shape index (κ1) is 24.4. The van der Waals surface area contributed by atoms with Gasteiger partial charge in [-0.1, -0.05) is 17.4 Å². The fourth-order valence-corrected chi connectivity index (χ4v) is 4.13. The van der Waals surface area contributed by atoms with Crippen molar-refractivity contribution in [3.05, 3.63) is 47.4 Å². The molecule has 6 N–H and O–H groups in total. The molecule has 33 heavy (non-hydrogen) atoms. The van der Waals surface area contributed by atoms with Crippen LogP contribution in [0.25, 0.3) is 10.6 Å². The fourth-order valence-electron chi connectivity index (χ4n) is 3.25. The summed E-state index contributed by atoms with van der Waals surface area (Å²) in [6.07, 6.45) is -3.49. The Morgan fingerprint density at radius 3 is 2.61 bits per heavy atom. The molecule has 1 amide bonds. The van der Waals surface area contributed by atoms with Crippen molar-refractivity contribution >= 4 is 28.1 Å². The number of hydrogen-bond donors (Lipinski definition) is 4. The summed E-state index contributed by atoms with van der Waals surface area (Å²) >= 11 is 0.705. The Morgan fingerprint density at radius 2 is 2.03 bits per heavy atom. The largest absolute Gasteiger partial charge is 0.405 e. The minimum atomic E-state index is -4.47. The monoisotopic (exact) mass is 489 g/mol. The van der Waals surface area contributed by atoms with Gasteiger partial charge in [0.15, 0.2) is 5.69 Å². The number of piperazine rings is 1. The van der Waals surface area contributed by atoms with Crippen LogP contribution < -0.4 is 22.1 Å². The number of hydrogen-bond acceptors (Lipinski definition) is 7. The molecule has 0 radical (unpaired) electrons. The highest BCUT2D eigenvalue weighted by Gasteiger charge is 2.42. The van der Waals surface area contributed by atoms with Gasteiger partial charge in [-0.3, -0.25) is 9.79 Å². The molecule has 1 aliphatic heterocycles. The summed E-state index contributed by atoms with van der Waals surface area (Å²) in [6.45, 7) is -0.230. The normalized spacial score (nSPS) is 17.9. The van der Waals surface area contributed by atoms with Gasteiger partial charge in [-0.05, 0) is 12.1 Å². The average Bonchev–Trinajstić information content (AvgIpc) is 3.14. The average molecular weight is 489 g/mol. The van der Waals surface area contributed by atoms with Crippen LogP contribution in [0.5, 0.6) is 0 Å². The molecule has 178 valence electrons. The first-order chi connectivity index (χ1) is 15.6. The van der Waals surface area contributed by atoms with Crippen molar-refractivity contribution in [2.75, 3.05) is 32.4 Å². The maximum atomic E-state index is 14.1. The third kappa shape index (κ3) is 5.22. The molecule has 14 heteroatoms. The van der Waals surface area contributed by atoms with E-state index in [2.05, 4.69) is 20.6 Å². The minimum Gasteiger partial charge on any atom is -0.403 e. The maximum Gasteiger partial charge on any atom is 0.405 e. The van der Waals surface area contributed by atoms with Crippen molar-refractivity contribution in [1.29, 1.82) is 0 Å². The number of aliphatic imine (C=N–C) groups is 1. The Morgan fingerprint density at radius 1 is 1.36 bits per heavy atom. The van der Waals surface area contributed by atoms with Crippen molar-refractivity contribution < 1.29 is 26.7 Å². The van der Waals surface area contributed by atoms with E-state index in [1.54, 1.807) is 0 Å². The van der Waals surface area contributed by atoms with E-state index in [0.29, 0.717) is 11.3 Å². The number of aromatic nitrogens is 1. The summed E-state index contributed by atoms with van der Waals surface area (Å²) < 4.78 is 67.5. The third-order valence-corrected chi connectivity index (χ3v) is 5.68. The number of nitrogens with zero attached hydrogens (tertiary/aromatic N) is 3. The molecular formula is C19H20F5N7OS. The van der Waals surface area contributed by atoms with E-state index in [-0.39, 0.29) is 40.3 Å². The number of alkyl halides is 3. The molecule has 2 heterocycles. The van der Waals surface area contributed by atoms with Gasteiger partial charge in [0.1, 0.15) is 33.5 Å². The van der Waals surface area contributed by atoms with E-state index < -0.39 is 41.9 Å². The Kier molecular flexibility index (Phi) is 7.17. The topological polar surface area (TPSA) is 122 Å². The second kappa shape index (κ2) is 9.70. The molecule has 1 aromatic carbocycles. The van der Waals surface area contributed by atoms with Crippen LogP contribution in [0, 0.1) is 11.6 Å². The van der Waals surface area contributed by atoms with Crippen molar-refractivity contribution in [2.45, 2.75) is 12.2 Å². The molecule has 0 bridgehead atoms. The van der Waals surface area contributed by atoms with Crippen LogP contribution in [-0.2, 0) is 0 Å². The summed E-state index contributed by atoms with van der Waals surface area (Å²) in [4.78, 5) is 22.0. The maximum absolute atomic E-state index is 14.1. The van der Waals surface area contributed by atoms with Gasteiger partial charge in [0.05, 0.1) is 11.3 Å². The number of amides is 1. The van der Waals surface area contributed by atoms with Crippen LogP contribution >= 0.6 is 11.3 Å². The highest BCUT2D eigenvalue weighted by Crippen LogP contribution is 2.33. The quantitative estimate of drug-likeness (QED) is 0.296. The highest BCUT2D eigenvalue weighted by molar-refractivity contribution is 7.19. The van der Waals surface area contributed by atoms with Crippen molar-refractivity contribution in [3.63, 3.8) is 0 Å². The Balaban J connectivity index is 1.82. The lowest BCUT2D eigenvalue weighted by Gasteiger charge is -2.36. The van der Waals surface area contributed by atoms with E-state index in [9.17, 15) is 26.7 Å². The summed E-state index contributed by atoms with van der Waals surface area (Å²) in [5, 5.41) is 4.54. The van der Waals surface area contributed by atoms with Gasteiger partial charge < -0.3 is 27.0 Å². The third-order valence-electron chi connectivity index (χ3n) is 4.78. The van der Waals surface area contributed by atoms with E-state index in [1.165, 1.54) is 18.0 Å².